The fourth-order valence-corrected chi connectivity index (χ4v) is 3.20. The summed E-state index contributed by atoms with van der Waals surface area (Å²) in [5.74, 6) is 0.823. The molecule has 1 atom stereocenters. The second kappa shape index (κ2) is 5.89. The van der Waals surface area contributed by atoms with E-state index in [1.54, 1.807) is 19.2 Å². The summed E-state index contributed by atoms with van der Waals surface area (Å²) < 4.78 is 5.37. The molecule has 4 rings (SSSR count). The number of hydrogen-bond donors (Lipinski definition) is 2. The molecule has 0 bridgehead atoms. The largest absolute Gasteiger partial charge is 0.507 e. The second-order valence-corrected chi connectivity index (χ2v) is 5.91. The maximum absolute atomic E-state index is 10.2. The van der Waals surface area contributed by atoms with Crippen LogP contribution in [0.25, 0.3) is 10.8 Å². The van der Waals surface area contributed by atoms with Crippen molar-refractivity contribution in [1.29, 1.82) is 0 Å². The molecule has 0 aromatic heterocycles. The third kappa shape index (κ3) is 2.46. The zero-order valence-electron chi connectivity index (χ0n) is 13.4. The quantitative estimate of drug-likeness (QED) is 0.767. The Morgan fingerprint density at radius 1 is 1.04 bits per heavy atom. The van der Waals surface area contributed by atoms with Crippen LogP contribution in [-0.2, 0) is 0 Å². The summed E-state index contributed by atoms with van der Waals surface area (Å²) in [6.45, 7) is 0. The predicted octanol–water partition coefficient (Wildman–Crippen LogP) is 3.99. The minimum absolute atomic E-state index is 0.0916. The van der Waals surface area contributed by atoms with E-state index in [0.717, 1.165) is 5.71 Å². The second-order valence-electron chi connectivity index (χ2n) is 5.91. The number of fused-ring (bicyclic) bond motifs is 1. The van der Waals surface area contributed by atoms with Crippen molar-refractivity contribution < 1.29 is 9.84 Å². The molecule has 1 aliphatic heterocycles. The Hall–Kier alpha value is -3.01. The highest BCUT2D eigenvalue weighted by Gasteiger charge is 2.25. The molecule has 2 N–H and O–H groups in total. The number of phenols is 1. The molecule has 24 heavy (non-hydrogen) atoms. The lowest BCUT2D eigenvalue weighted by Crippen LogP contribution is -2.10. The highest BCUT2D eigenvalue weighted by Crippen LogP contribution is 2.34. The first-order valence-electron chi connectivity index (χ1n) is 7.93. The van der Waals surface area contributed by atoms with Crippen molar-refractivity contribution in [1.82, 2.24) is 5.43 Å². The molecule has 0 fully saturated rings. The molecule has 120 valence electrons. The van der Waals surface area contributed by atoms with Gasteiger partial charge in [-0.25, -0.2) is 0 Å². The smallest absolute Gasteiger partial charge is 0.131 e. The summed E-state index contributed by atoms with van der Waals surface area (Å²) in [6, 6.07) is 20.1. The van der Waals surface area contributed by atoms with Crippen molar-refractivity contribution in [2.45, 2.75) is 12.5 Å². The van der Waals surface area contributed by atoms with Gasteiger partial charge < -0.3 is 15.3 Å². The Balaban J connectivity index is 1.64. The first-order valence-corrected chi connectivity index (χ1v) is 7.93. The van der Waals surface area contributed by atoms with Gasteiger partial charge in [-0.05, 0) is 34.5 Å². The molecule has 1 heterocycles. The third-order valence-electron chi connectivity index (χ3n) is 4.44. The SMILES string of the molecule is COc1cccc(O)c1C1=NNC(c2ccc3ccccc3c2)C1. The van der Waals surface area contributed by atoms with E-state index in [-0.39, 0.29) is 11.8 Å². The number of rotatable bonds is 3. The maximum atomic E-state index is 10.2. The number of benzene rings is 3. The van der Waals surface area contributed by atoms with E-state index in [9.17, 15) is 5.11 Å². The molecule has 0 amide bonds. The van der Waals surface area contributed by atoms with Crippen molar-refractivity contribution in [3.05, 3.63) is 71.8 Å². The standard InChI is InChI=1S/C20H18N2O2/c1-24-19-8-4-7-18(23)20(19)17-12-16(21-22-17)15-10-9-13-5-2-3-6-14(13)11-15/h2-11,16,21,23H,12H2,1H3. The normalized spacial score (nSPS) is 16.7. The molecule has 0 saturated carbocycles. The van der Waals surface area contributed by atoms with Crippen LogP contribution >= 0.6 is 0 Å². The van der Waals surface area contributed by atoms with E-state index in [0.29, 0.717) is 17.7 Å². The van der Waals surface area contributed by atoms with Gasteiger partial charge in [0.05, 0.1) is 24.4 Å². The zero-order chi connectivity index (χ0) is 16.5. The lowest BCUT2D eigenvalue weighted by atomic mass is 9.96. The van der Waals surface area contributed by atoms with Crippen LogP contribution in [0.1, 0.15) is 23.6 Å². The first kappa shape index (κ1) is 14.6. The van der Waals surface area contributed by atoms with Crippen LogP contribution in [0.3, 0.4) is 0 Å². The van der Waals surface area contributed by atoms with Crippen LogP contribution in [0.2, 0.25) is 0 Å². The van der Waals surface area contributed by atoms with Crippen molar-refractivity contribution in [2.24, 2.45) is 5.10 Å². The summed E-state index contributed by atoms with van der Waals surface area (Å²) in [4.78, 5) is 0. The van der Waals surface area contributed by atoms with Gasteiger partial charge in [-0.15, -0.1) is 0 Å². The van der Waals surface area contributed by atoms with Crippen molar-refractivity contribution in [3.8, 4) is 11.5 Å². The Morgan fingerprint density at radius 3 is 2.71 bits per heavy atom. The maximum Gasteiger partial charge on any atom is 0.131 e. The van der Waals surface area contributed by atoms with E-state index in [2.05, 4.69) is 40.9 Å². The molecule has 0 aliphatic carbocycles. The Morgan fingerprint density at radius 2 is 1.88 bits per heavy atom. The monoisotopic (exact) mass is 318 g/mol. The number of nitrogens with one attached hydrogen (secondary N) is 1. The van der Waals surface area contributed by atoms with Crippen LogP contribution < -0.4 is 10.2 Å². The van der Waals surface area contributed by atoms with Gasteiger partial charge in [0.2, 0.25) is 0 Å². The number of phenolic OH excluding ortho intramolecular Hbond substituents is 1. The predicted molar refractivity (Wildman–Crippen MR) is 95.6 cm³/mol. The Bertz CT molecular complexity index is 934. The van der Waals surface area contributed by atoms with Crippen molar-refractivity contribution in [3.63, 3.8) is 0 Å². The zero-order valence-corrected chi connectivity index (χ0v) is 13.4. The Labute approximate surface area is 140 Å². The number of hydrogen-bond acceptors (Lipinski definition) is 4. The molecule has 3 aromatic carbocycles. The topological polar surface area (TPSA) is 53.9 Å². The van der Waals surface area contributed by atoms with E-state index < -0.39 is 0 Å². The number of methoxy groups -OCH3 is 1. The summed E-state index contributed by atoms with van der Waals surface area (Å²) in [5.41, 5.74) is 5.84. The van der Waals surface area contributed by atoms with Crippen LogP contribution in [0, 0.1) is 0 Å². The summed E-state index contributed by atoms with van der Waals surface area (Å²) in [7, 11) is 1.60. The highest BCUT2D eigenvalue weighted by molar-refractivity contribution is 6.06. The van der Waals surface area contributed by atoms with Gasteiger partial charge in [-0.2, -0.15) is 5.10 Å². The van der Waals surface area contributed by atoms with Gasteiger partial charge in [0.15, 0.2) is 0 Å². The van der Waals surface area contributed by atoms with Gasteiger partial charge in [-0.1, -0.05) is 42.5 Å². The number of ether oxygens (including phenoxy) is 1. The molecule has 1 aliphatic rings. The van der Waals surface area contributed by atoms with Gasteiger partial charge in [0.1, 0.15) is 11.5 Å². The van der Waals surface area contributed by atoms with Crippen LogP contribution in [0.15, 0.2) is 65.8 Å². The molecule has 1 unspecified atom stereocenters. The van der Waals surface area contributed by atoms with Crippen LogP contribution in [0.5, 0.6) is 11.5 Å². The molecule has 3 aromatic rings. The first-order chi connectivity index (χ1) is 11.8. The lowest BCUT2D eigenvalue weighted by Gasteiger charge is -2.12. The number of hydrazone groups is 1. The molecule has 4 heteroatoms. The van der Waals surface area contributed by atoms with Crippen molar-refractivity contribution >= 4 is 16.5 Å². The lowest BCUT2D eigenvalue weighted by molar-refractivity contribution is 0.406. The highest BCUT2D eigenvalue weighted by atomic mass is 16.5. The Kier molecular flexibility index (Phi) is 3.58. The van der Waals surface area contributed by atoms with Gasteiger partial charge in [-0.3, -0.25) is 0 Å². The summed E-state index contributed by atoms with van der Waals surface area (Å²) >= 11 is 0. The fraction of sp³-hybridized carbons (Fsp3) is 0.150. The van der Waals surface area contributed by atoms with Crippen LogP contribution in [0.4, 0.5) is 0 Å². The third-order valence-corrected chi connectivity index (χ3v) is 4.44. The molecule has 0 radical (unpaired) electrons. The molecule has 0 saturated heterocycles. The minimum Gasteiger partial charge on any atom is -0.507 e. The van der Waals surface area contributed by atoms with Gasteiger partial charge in [0.25, 0.3) is 0 Å². The molecule has 4 nitrogen and oxygen atoms in total. The van der Waals surface area contributed by atoms with E-state index in [1.807, 2.05) is 18.2 Å². The number of aromatic hydroxyl groups is 1. The van der Waals surface area contributed by atoms with E-state index in [1.165, 1.54) is 16.3 Å². The van der Waals surface area contributed by atoms with Crippen molar-refractivity contribution in [2.75, 3.05) is 7.11 Å². The van der Waals surface area contributed by atoms with E-state index >= 15 is 0 Å². The van der Waals surface area contributed by atoms with Gasteiger partial charge >= 0.3 is 0 Å². The number of nitrogens with zero attached hydrogens (tertiary/aromatic N) is 1. The summed E-state index contributed by atoms with van der Waals surface area (Å²) in [5, 5.41) is 17.1. The molecular weight excluding hydrogens is 300 g/mol. The average Bonchev–Trinajstić information content (AvgIpc) is 3.10. The van der Waals surface area contributed by atoms with E-state index in [4.69, 9.17) is 4.74 Å². The summed E-state index contributed by atoms with van der Waals surface area (Å²) in [6.07, 6.45) is 0.701. The fourth-order valence-electron chi connectivity index (χ4n) is 3.20. The average molecular weight is 318 g/mol. The molecule has 0 spiro atoms. The van der Waals surface area contributed by atoms with Gasteiger partial charge in [0, 0.05) is 6.42 Å². The minimum atomic E-state index is 0.0916. The van der Waals surface area contributed by atoms with Crippen LogP contribution in [-0.4, -0.2) is 17.9 Å². The molecular formula is C20H18N2O2.